The van der Waals surface area contributed by atoms with Gasteiger partial charge in [-0.2, -0.15) is 0 Å². The molecule has 5 nitrogen and oxygen atoms in total. The van der Waals surface area contributed by atoms with Gasteiger partial charge in [0.05, 0.1) is 0 Å². The number of ketones is 1. The van der Waals surface area contributed by atoms with E-state index in [9.17, 15) is 14.4 Å². The molecular weight excluding hydrogens is 376 g/mol. The Kier molecular flexibility index (Phi) is 8.78. The van der Waals surface area contributed by atoms with Gasteiger partial charge in [0, 0.05) is 42.7 Å². The normalized spacial score (nSPS) is 10.7. The summed E-state index contributed by atoms with van der Waals surface area (Å²) in [4.78, 5) is 38.6. The molecule has 0 heterocycles. The van der Waals surface area contributed by atoms with Gasteiger partial charge >= 0.3 is 0 Å². The van der Waals surface area contributed by atoms with Gasteiger partial charge in [-0.3, -0.25) is 14.4 Å². The van der Waals surface area contributed by atoms with Crippen LogP contribution < -0.4 is 5.32 Å². The summed E-state index contributed by atoms with van der Waals surface area (Å²) in [5.74, 6) is 0.284. The predicted molar refractivity (Wildman–Crippen MR) is 121 cm³/mol. The monoisotopic (exact) mass is 408 g/mol. The van der Waals surface area contributed by atoms with Crippen LogP contribution in [-0.4, -0.2) is 35.6 Å². The molecule has 1 N–H and O–H groups in total. The Labute approximate surface area is 179 Å². The Bertz CT molecular complexity index is 851. The summed E-state index contributed by atoms with van der Waals surface area (Å²) in [5, 5.41) is 2.79. The van der Waals surface area contributed by atoms with E-state index in [1.54, 1.807) is 29.2 Å². The Morgan fingerprint density at radius 3 is 1.93 bits per heavy atom. The highest BCUT2D eigenvalue weighted by Gasteiger charge is 2.13. The second kappa shape index (κ2) is 11.3. The fraction of sp³-hybridized carbons (Fsp3) is 0.400. The smallest absolute Gasteiger partial charge is 0.253 e. The van der Waals surface area contributed by atoms with Crippen molar-refractivity contribution in [3.63, 3.8) is 0 Å². The number of Topliss-reactive ketones (excluding diaryl/α,β-unsaturated/α-hetero) is 1. The Balaban J connectivity index is 1.85. The number of benzene rings is 2. The van der Waals surface area contributed by atoms with Crippen molar-refractivity contribution in [2.24, 2.45) is 5.92 Å². The first-order valence-electron chi connectivity index (χ1n) is 10.6. The first kappa shape index (κ1) is 23.3. The maximum atomic E-state index is 12.4. The maximum Gasteiger partial charge on any atom is 0.253 e. The lowest BCUT2D eigenvalue weighted by Gasteiger charge is -2.18. The van der Waals surface area contributed by atoms with Crippen LogP contribution in [-0.2, 0) is 11.2 Å². The zero-order chi connectivity index (χ0) is 22.1. The molecule has 0 fully saturated rings. The number of hydrogen-bond acceptors (Lipinski definition) is 3. The van der Waals surface area contributed by atoms with E-state index >= 15 is 0 Å². The van der Waals surface area contributed by atoms with Crippen LogP contribution in [0.1, 0.15) is 66.8 Å². The van der Waals surface area contributed by atoms with Crippen LogP contribution in [0, 0.1) is 5.92 Å². The van der Waals surface area contributed by atoms with Gasteiger partial charge in [0.15, 0.2) is 5.78 Å². The average Bonchev–Trinajstić information content (AvgIpc) is 2.73. The van der Waals surface area contributed by atoms with E-state index in [4.69, 9.17) is 0 Å². The summed E-state index contributed by atoms with van der Waals surface area (Å²) >= 11 is 0. The van der Waals surface area contributed by atoms with Gasteiger partial charge in [-0.1, -0.05) is 38.1 Å². The first-order chi connectivity index (χ1) is 14.3. The minimum absolute atomic E-state index is 0.0251. The summed E-state index contributed by atoms with van der Waals surface area (Å²) in [5.41, 5.74) is 3.05. The number of nitrogens with one attached hydrogen (secondary N) is 1. The largest absolute Gasteiger partial charge is 0.339 e. The Morgan fingerprint density at radius 1 is 0.833 bits per heavy atom. The number of carbonyl (C=O) groups is 3. The van der Waals surface area contributed by atoms with Gasteiger partial charge in [-0.25, -0.2) is 0 Å². The fourth-order valence-corrected chi connectivity index (χ4v) is 3.28. The third-order valence-electron chi connectivity index (χ3n) is 4.97. The Hall–Kier alpha value is -2.95. The van der Waals surface area contributed by atoms with Crippen molar-refractivity contribution >= 4 is 23.3 Å². The van der Waals surface area contributed by atoms with E-state index in [1.807, 2.05) is 38.1 Å². The van der Waals surface area contributed by atoms with Crippen LogP contribution in [0.4, 0.5) is 5.69 Å². The summed E-state index contributed by atoms with van der Waals surface area (Å²) in [6.07, 6.45) is 1.26. The van der Waals surface area contributed by atoms with Crippen LogP contribution in [0.5, 0.6) is 0 Å². The molecule has 0 saturated carbocycles. The quantitative estimate of drug-likeness (QED) is 0.565. The van der Waals surface area contributed by atoms with Crippen molar-refractivity contribution in [1.29, 1.82) is 0 Å². The van der Waals surface area contributed by atoms with Crippen LogP contribution in [0.3, 0.4) is 0 Å². The lowest BCUT2D eigenvalue weighted by molar-refractivity contribution is -0.116. The molecule has 0 aromatic heterocycles. The van der Waals surface area contributed by atoms with Gasteiger partial charge in [-0.05, 0) is 56.0 Å². The number of amides is 2. The molecular formula is C25H32N2O3. The van der Waals surface area contributed by atoms with Crippen molar-refractivity contribution in [3.8, 4) is 0 Å². The van der Waals surface area contributed by atoms with Crippen LogP contribution >= 0.6 is 0 Å². The van der Waals surface area contributed by atoms with E-state index in [1.165, 1.54) is 5.56 Å². The minimum atomic E-state index is -0.220. The number of rotatable bonds is 10. The van der Waals surface area contributed by atoms with E-state index in [0.29, 0.717) is 35.8 Å². The van der Waals surface area contributed by atoms with Crippen molar-refractivity contribution in [1.82, 2.24) is 4.90 Å². The second-order valence-electron chi connectivity index (χ2n) is 7.82. The van der Waals surface area contributed by atoms with Crippen molar-refractivity contribution in [2.75, 3.05) is 18.4 Å². The number of carbonyl (C=O) groups excluding carboxylic acids is 3. The lowest BCUT2D eigenvalue weighted by atomic mass is 9.99. The van der Waals surface area contributed by atoms with Crippen molar-refractivity contribution in [2.45, 2.75) is 47.0 Å². The third-order valence-corrected chi connectivity index (χ3v) is 4.97. The molecule has 0 aliphatic carbocycles. The summed E-state index contributed by atoms with van der Waals surface area (Å²) in [6, 6.07) is 14.5. The number of hydrogen-bond donors (Lipinski definition) is 1. The second-order valence-corrected chi connectivity index (χ2v) is 7.82. The molecule has 0 spiro atoms. The van der Waals surface area contributed by atoms with Crippen molar-refractivity contribution in [3.05, 3.63) is 65.2 Å². The lowest BCUT2D eigenvalue weighted by Crippen LogP contribution is -2.30. The van der Waals surface area contributed by atoms with E-state index < -0.39 is 0 Å². The van der Waals surface area contributed by atoms with Crippen LogP contribution in [0.2, 0.25) is 0 Å². The predicted octanol–water partition coefficient (Wildman–Crippen LogP) is 4.97. The topological polar surface area (TPSA) is 66.5 Å². The molecule has 2 aromatic carbocycles. The molecule has 2 aromatic rings. The van der Waals surface area contributed by atoms with E-state index in [-0.39, 0.29) is 30.4 Å². The zero-order valence-electron chi connectivity index (χ0n) is 18.4. The van der Waals surface area contributed by atoms with Gasteiger partial charge in [0.2, 0.25) is 5.91 Å². The fourth-order valence-electron chi connectivity index (χ4n) is 3.28. The molecule has 0 unspecified atom stereocenters. The molecule has 0 atom stereocenters. The SMILES string of the molecule is CCN(CC)C(=O)c1ccc(NC(=O)CCC(=O)c2ccc(CC(C)C)cc2)cc1. The molecule has 0 aliphatic heterocycles. The van der Waals surface area contributed by atoms with Gasteiger partial charge in [0.25, 0.3) is 5.91 Å². The van der Waals surface area contributed by atoms with E-state index in [2.05, 4.69) is 19.2 Å². The number of nitrogens with zero attached hydrogens (tertiary/aromatic N) is 1. The average molecular weight is 409 g/mol. The molecule has 0 saturated heterocycles. The molecule has 30 heavy (non-hydrogen) atoms. The van der Waals surface area contributed by atoms with Crippen LogP contribution in [0.15, 0.2) is 48.5 Å². The first-order valence-corrected chi connectivity index (χ1v) is 10.6. The van der Waals surface area contributed by atoms with Gasteiger partial charge in [0.1, 0.15) is 0 Å². The highest BCUT2D eigenvalue weighted by atomic mass is 16.2. The summed E-state index contributed by atoms with van der Waals surface area (Å²) in [6.45, 7) is 9.52. The minimum Gasteiger partial charge on any atom is -0.339 e. The molecule has 2 amide bonds. The zero-order valence-corrected chi connectivity index (χ0v) is 18.4. The highest BCUT2D eigenvalue weighted by Crippen LogP contribution is 2.14. The molecule has 0 aliphatic rings. The maximum absolute atomic E-state index is 12.4. The van der Waals surface area contributed by atoms with Crippen LogP contribution in [0.25, 0.3) is 0 Å². The third kappa shape index (κ3) is 6.83. The van der Waals surface area contributed by atoms with E-state index in [0.717, 1.165) is 6.42 Å². The summed E-state index contributed by atoms with van der Waals surface area (Å²) in [7, 11) is 0. The molecule has 2 rings (SSSR count). The standard InChI is InChI=1S/C25H32N2O3/c1-5-27(6-2)25(30)21-11-13-22(14-12-21)26-24(29)16-15-23(28)20-9-7-19(8-10-20)17-18(3)4/h7-14,18H,5-6,15-17H2,1-4H3,(H,26,29). The summed E-state index contributed by atoms with van der Waals surface area (Å²) < 4.78 is 0. The molecule has 160 valence electrons. The number of anilines is 1. The molecule has 5 heteroatoms. The molecule has 0 bridgehead atoms. The Morgan fingerprint density at radius 2 is 1.40 bits per heavy atom. The van der Waals surface area contributed by atoms with Crippen molar-refractivity contribution < 1.29 is 14.4 Å². The van der Waals surface area contributed by atoms with Gasteiger partial charge < -0.3 is 10.2 Å². The molecule has 0 radical (unpaired) electrons. The van der Waals surface area contributed by atoms with Gasteiger partial charge in [-0.15, -0.1) is 0 Å². The highest BCUT2D eigenvalue weighted by molar-refractivity contribution is 6.00.